The van der Waals surface area contributed by atoms with E-state index >= 15 is 0 Å². The summed E-state index contributed by atoms with van der Waals surface area (Å²) in [6.45, 7) is 4.45. The smallest absolute Gasteiger partial charge is 0.253 e. The van der Waals surface area contributed by atoms with E-state index in [4.69, 9.17) is 0 Å². The minimum atomic E-state index is -0.295. The van der Waals surface area contributed by atoms with Gasteiger partial charge in [-0.2, -0.15) is 0 Å². The summed E-state index contributed by atoms with van der Waals surface area (Å²) in [5.74, 6) is -0.618. The van der Waals surface area contributed by atoms with E-state index in [0.717, 1.165) is 37.1 Å². The number of halogens is 1. The largest absolute Gasteiger partial charge is 0.342 e. The van der Waals surface area contributed by atoms with Crippen molar-refractivity contribution in [2.45, 2.75) is 25.7 Å². The highest BCUT2D eigenvalue weighted by Gasteiger charge is 2.42. The van der Waals surface area contributed by atoms with Gasteiger partial charge in [0.25, 0.3) is 5.91 Å². The zero-order valence-corrected chi connectivity index (χ0v) is 16.1. The van der Waals surface area contributed by atoms with E-state index in [1.165, 1.54) is 12.1 Å². The molecule has 0 aromatic heterocycles. The molecule has 28 heavy (non-hydrogen) atoms. The van der Waals surface area contributed by atoms with Crippen LogP contribution in [0.25, 0.3) is 0 Å². The van der Waals surface area contributed by atoms with Crippen LogP contribution in [0.5, 0.6) is 0 Å². The van der Waals surface area contributed by atoms with Crippen molar-refractivity contribution in [3.05, 3.63) is 71.0 Å². The first-order valence-corrected chi connectivity index (χ1v) is 9.93. The van der Waals surface area contributed by atoms with Crippen molar-refractivity contribution in [2.24, 2.45) is 5.92 Å². The monoisotopic (exact) mass is 380 g/mol. The molecule has 0 bridgehead atoms. The molecule has 0 radical (unpaired) electrons. The first-order valence-electron chi connectivity index (χ1n) is 9.93. The zero-order chi connectivity index (χ0) is 19.7. The van der Waals surface area contributed by atoms with Crippen molar-refractivity contribution in [3.63, 3.8) is 0 Å². The Morgan fingerprint density at radius 1 is 0.893 bits per heavy atom. The maximum absolute atomic E-state index is 13.4. The van der Waals surface area contributed by atoms with Gasteiger partial charge in [0.1, 0.15) is 5.82 Å². The van der Waals surface area contributed by atoms with Gasteiger partial charge >= 0.3 is 0 Å². The Kier molecular flexibility index (Phi) is 5.16. The van der Waals surface area contributed by atoms with E-state index in [0.29, 0.717) is 18.7 Å². The molecule has 5 heteroatoms. The Morgan fingerprint density at radius 3 is 2.18 bits per heavy atom. The maximum atomic E-state index is 13.4. The fraction of sp³-hybridized carbons (Fsp3) is 0.391. The van der Waals surface area contributed by atoms with Crippen LogP contribution in [0.15, 0.2) is 48.5 Å². The summed E-state index contributed by atoms with van der Waals surface area (Å²) in [4.78, 5) is 29.9. The van der Waals surface area contributed by atoms with Crippen molar-refractivity contribution >= 4 is 11.8 Å². The number of carbonyl (C=O) groups is 2. The van der Waals surface area contributed by atoms with Crippen molar-refractivity contribution in [1.29, 1.82) is 0 Å². The molecule has 2 aromatic carbocycles. The lowest BCUT2D eigenvalue weighted by molar-refractivity contribution is -0.134. The van der Waals surface area contributed by atoms with E-state index in [1.54, 1.807) is 17.0 Å². The van der Waals surface area contributed by atoms with E-state index in [9.17, 15) is 14.0 Å². The lowest BCUT2D eigenvalue weighted by Gasteiger charge is -2.24. The second kappa shape index (κ2) is 7.74. The van der Waals surface area contributed by atoms with Gasteiger partial charge in [0.15, 0.2) is 0 Å². The molecule has 0 N–H and O–H groups in total. The standard InChI is InChI=1S/C23H25FN2O2/c1-16-4-6-18(7-5-16)22(27)26-14-20(17-8-10-19(24)11-9-17)21(15-26)23(28)25-12-2-3-13-25/h4-11,20-21H,2-3,12-15H2,1H3. The average Bonchev–Trinajstić information content (AvgIpc) is 3.38. The number of likely N-dealkylation sites (tertiary alicyclic amines) is 2. The molecule has 2 amide bonds. The molecule has 2 aromatic rings. The molecule has 0 aliphatic carbocycles. The number of nitrogens with zero attached hydrogens (tertiary/aromatic N) is 2. The van der Waals surface area contributed by atoms with Gasteiger partial charge in [-0.3, -0.25) is 9.59 Å². The molecule has 2 atom stereocenters. The lowest BCUT2D eigenvalue weighted by Crippen LogP contribution is -2.37. The van der Waals surface area contributed by atoms with Gasteiger partial charge in [0.2, 0.25) is 5.91 Å². The molecule has 2 fully saturated rings. The summed E-state index contributed by atoms with van der Waals surface area (Å²) < 4.78 is 13.4. The minimum Gasteiger partial charge on any atom is -0.342 e. The quantitative estimate of drug-likeness (QED) is 0.816. The summed E-state index contributed by atoms with van der Waals surface area (Å²) in [6.07, 6.45) is 2.07. The third-order valence-electron chi connectivity index (χ3n) is 5.94. The van der Waals surface area contributed by atoms with Gasteiger partial charge in [0, 0.05) is 37.7 Å². The highest BCUT2D eigenvalue weighted by atomic mass is 19.1. The van der Waals surface area contributed by atoms with E-state index in [-0.39, 0.29) is 29.5 Å². The third kappa shape index (κ3) is 3.66. The van der Waals surface area contributed by atoms with E-state index < -0.39 is 0 Å². The van der Waals surface area contributed by atoms with Crippen molar-refractivity contribution in [2.75, 3.05) is 26.2 Å². The van der Waals surface area contributed by atoms with Gasteiger partial charge < -0.3 is 9.80 Å². The number of hydrogen-bond acceptors (Lipinski definition) is 2. The predicted molar refractivity (Wildman–Crippen MR) is 106 cm³/mol. The second-order valence-corrected chi connectivity index (χ2v) is 7.87. The van der Waals surface area contributed by atoms with Gasteiger partial charge in [-0.25, -0.2) is 4.39 Å². The Hall–Kier alpha value is -2.69. The zero-order valence-electron chi connectivity index (χ0n) is 16.1. The van der Waals surface area contributed by atoms with E-state index in [2.05, 4.69) is 0 Å². The van der Waals surface area contributed by atoms with Crippen LogP contribution in [-0.2, 0) is 4.79 Å². The van der Waals surface area contributed by atoms with Gasteiger partial charge in [-0.05, 0) is 49.6 Å². The molecule has 2 aliphatic rings. The number of carbonyl (C=O) groups excluding carboxylic acids is 2. The number of benzene rings is 2. The number of amides is 2. The lowest BCUT2D eigenvalue weighted by atomic mass is 9.88. The molecule has 2 unspecified atom stereocenters. The second-order valence-electron chi connectivity index (χ2n) is 7.87. The fourth-order valence-corrected chi connectivity index (χ4v) is 4.32. The average molecular weight is 380 g/mol. The maximum Gasteiger partial charge on any atom is 0.253 e. The van der Waals surface area contributed by atoms with Crippen LogP contribution in [0, 0.1) is 18.7 Å². The molecule has 2 aliphatic heterocycles. The molecule has 146 valence electrons. The van der Waals surface area contributed by atoms with Crippen LogP contribution < -0.4 is 0 Å². The van der Waals surface area contributed by atoms with Crippen LogP contribution >= 0.6 is 0 Å². The molecule has 2 heterocycles. The van der Waals surface area contributed by atoms with E-state index in [1.807, 2.05) is 36.1 Å². The normalized spacial score (nSPS) is 21.9. The first kappa shape index (κ1) is 18.7. The molecule has 0 saturated carbocycles. The Bertz CT molecular complexity index is 857. The molecular formula is C23H25FN2O2. The molecule has 2 saturated heterocycles. The Morgan fingerprint density at radius 2 is 1.54 bits per heavy atom. The molecular weight excluding hydrogens is 355 g/mol. The van der Waals surface area contributed by atoms with Gasteiger partial charge in [-0.1, -0.05) is 29.8 Å². The van der Waals surface area contributed by atoms with Crippen LogP contribution in [0.1, 0.15) is 40.2 Å². The summed E-state index contributed by atoms with van der Waals surface area (Å²) >= 11 is 0. The summed E-state index contributed by atoms with van der Waals surface area (Å²) in [5.41, 5.74) is 2.65. The molecule has 0 spiro atoms. The molecule has 4 rings (SSSR count). The van der Waals surface area contributed by atoms with Crippen LogP contribution in [-0.4, -0.2) is 47.8 Å². The first-order chi connectivity index (χ1) is 13.5. The predicted octanol–water partition coefficient (Wildman–Crippen LogP) is 3.61. The fourth-order valence-electron chi connectivity index (χ4n) is 4.32. The van der Waals surface area contributed by atoms with Crippen molar-refractivity contribution < 1.29 is 14.0 Å². The minimum absolute atomic E-state index is 0.0520. The Labute approximate surface area is 164 Å². The van der Waals surface area contributed by atoms with Gasteiger partial charge in [-0.15, -0.1) is 0 Å². The van der Waals surface area contributed by atoms with Crippen molar-refractivity contribution in [3.8, 4) is 0 Å². The summed E-state index contributed by atoms with van der Waals surface area (Å²) in [6, 6.07) is 13.9. The highest BCUT2D eigenvalue weighted by molar-refractivity contribution is 5.95. The summed E-state index contributed by atoms with van der Waals surface area (Å²) in [7, 11) is 0. The van der Waals surface area contributed by atoms with Gasteiger partial charge in [0.05, 0.1) is 5.92 Å². The van der Waals surface area contributed by atoms with Crippen LogP contribution in [0.2, 0.25) is 0 Å². The topological polar surface area (TPSA) is 40.6 Å². The number of aryl methyl sites for hydroxylation is 1. The number of hydrogen-bond donors (Lipinski definition) is 0. The Balaban J connectivity index is 1.60. The highest BCUT2D eigenvalue weighted by Crippen LogP contribution is 2.35. The third-order valence-corrected chi connectivity index (χ3v) is 5.94. The van der Waals surface area contributed by atoms with Crippen LogP contribution in [0.4, 0.5) is 4.39 Å². The number of rotatable bonds is 3. The molecule has 4 nitrogen and oxygen atoms in total. The summed E-state index contributed by atoms with van der Waals surface area (Å²) in [5, 5.41) is 0. The SMILES string of the molecule is Cc1ccc(C(=O)N2CC(C(=O)N3CCCC3)C(c3ccc(F)cc3)C2)cc1. The van der Waals surface area contributed by atoms with Crippen molar-refractivity contribution in [1.82, 2.24) is 9.80 Å². The van der Waals surface area contributed by atoms with Crippen LogP contribution in [0.3, 0.4) is 0 Å².